The van der Waals surface area contributed by atoms with Gasteiger partial charge >= 0.3 is 5.97 Å². The van der Waals surface area contributed by atoms with Gasteiger partial charge in [-0.2, -0.15) is 0 Å². The molecule has 1 N–H and O–H groups in total. The number of nitrogens with zero attached hydrogens (tertiary/aromatic N) is 1. The van der Waals surface area contributed by atoms with Crippen LogP contribution in [0, 0.1) is 17.5 Å². The van der Waals surface area contributed by atoms with Crippen LogP contribution in [0.5, 0.6) is 0 Å². The van der Waals surface area contributed by atoms with Gasteiger partial charge in [-0.05, 0) is 60.5 Å². The van der Waals surface area contributed by atoms with Gasteiger partial charge in [0, 0.05) is 23.2 Å². The average molecular weight is 470 g/mol. The normalized spacial score (nSPS) is 12.5. The van der Waals surface area contributed by atoms with E-state index in [0.29, 0.717) is 6.07 Å². The van der Waals surface area contributed by atoms with Crippen molar-refractivity contribution >= 4 is 27.4 Å². The number of sulfone groups is 1. The maximum Gasteiger partial charge on any atom is 0.303 e. The minimum absolute atomic E-state index is 0.0392. The molecule has 0 spiro atoms. The highest BCUT2D eigenvalue weighted by Crippen LogP contribution is 2.37. The molecule has 5 nitrogen and oxygen atoms in total. The maximum atomic E-state index is 14.9. The van der Waals surface area contributed by atoms with Gasteiger partial charge in [-0.25, -0.2) is 21.6 Å². The van der Waals surface area contributed by atoms with E-state index in [1.807, 2.05) is 0 Å². The number of carbonyl (C=O) groups is 1. The molecule has 2 aromatic carbocycles. The quantitative estimate of drug-likeness (QED) is 0.540. The smallest absolute Gasteiger partial charge is 0.303 e. The molecule has 3 rings (SSSR count). The molecule has 0 fully saturated rings. The van der Waals surface area contributed by atoms with E-state index in [0.717, 1.165) is 24.4 Å². The first-order chi connectivity index (χ1) is 14.6. The number of hydrogen-bond acceptors (Lipinski definition) is 4. The zero-order valence-corrected chi connectivity index (χ0v) is 17.3. The molecule has 0 amide bonds. The summed E-state index contributed by atoms with van der Waals surface area (Å²) in [6.07, 6.45) is 0.789. The number of aryl methyl sites for hydroxylation is 1. The van der Waals surface area contributed by atoms with E-state index in [-0.39, 0.29) is 28.3 Å². The molecule has 31 heavy (non-hydrogen) atoms. The van der Waals surface area contributed by atoms with Crippen LogP contribution < -0.4 is 0 Å². The second-order valence-corrected chi connectivity index (χ2v) is 9.12. The molecule has 0 saturated carbocycles. The molecule has 0 aliphatic rings. The summed E-state index contributed by atoms with van der Waals surface area (Å²) in [5.74, 6) is -4.16. The van der Waals surface area contributed by atoms with Gasteiger partial charge in [0.2, 0.25) is 0 Å². The fourth-order valence-electron chi connectivity index (χ4n) is 3.01. The Morgan fingerprint density at radius 3 is 2.32 bits per heavy atom. The van der Waals surface area contributed by atoms with E-state index < -0.39 is 49.8 Å². The number of aliphatic carboxylic acids is 1. The molecule has 0 bridgehead atoms. The molecule has 1 unspecified atom stereocenters. The van der Waals surface area contributed by atoms with Gasteiger partial charge in [0.25, 0.3) is 0 Å². The highest BCUT2D eigenvalue weighted by molar-refractivity contribution is 7.91. The zero-order chi connectivity index (χ0) is 22.8. The predicted octanol–water partition coefficient (Wildman–Crippen LogP) is 4.73. The summed E-state index contributed by atoms with van der Waals surface area (Å²) in [5, 5.41) is 7.03. The van der Waals surface area contributed by atoms with Gasteiger partial charge in [0.05, 0.1) is 10.6 Å². The van der Waals surface area contributed by atoms with E-state index in [9.17, 15) is 26.4 Å². The third-order valence-electron chi connectivity index (χ3n) is 4.50. The molecular formula is C21H15ClF3NO4S. The second-order valence-electron chi connectivity index (χ2n) is 6.65. The Hall–Kier alpha value is -2.91. The first-order valence-electron chi connectivity index (χ1n) is 8.90. The SMILES string of the molecule is O=C(O)CCc1cnc(C(c2cc(F)ccc2F)S(=O)(=O)c2ccc(Cl)cc2)c(F)c1. The van der Waals surface area contributed by atoms with Gasteiger partial charge in [-0.3, -0.25) is 9.78 Å². The van der Waals surface area contributed by atoms with Gasteiger partial charge < -0.3 is 5.11 Å². The molecule has 0 aliphatic heterocycles. The van der Waals surface area contributed by atoms with Crippen LogP contribution in [-0.4, -0.2) is 24.5 Å². The first kappa shape index (κ1) is 22.8. The highest BCUT2D eigenvalue weighted by atomic mass is 35.5. The summed E-state index contributed by atoms with van der Waals surface area (Å²) in [4.78, 5) is 14.3. The van der Waals surface area contributed by atoms with Gasteiger partial charge in [-0.15, -0.1) is 0 Å². The van der Waals surface area contributed by atoms with Crippen LogP contribution in [-0.2, 0) is 21.1 Å². The number of carboxylic acids is 1. The molecule has 0 saturated heterocycles. The molecule has 3 aromatic rings. The predicted molar refractivity (Wildman–Crippen MR) is 107 cm³/mol. The van der Waals surface area contributed by atoms with Crippen LogP contribution in [0.4, 0.5) is 13.2 Å². The fourth-order valence-corrected chi connectivity index (χ4v) is 4.90. The fraction of sp³-hybridized carbons (Fsp3) is 0.143. The largest absolute Gasteiger partial charge is 0.481 e. The molecule has 162 valence electrons. The third-order valence-corrected chi connectivity index (χ3v) is 6.77. The highest BCUT2D eigenvalue weighted by Gasteiger charge is 2.36. The number of pyridine rings is 1. The van der Waals surface area contributed by atoms with Crippen LogP contribution in [0.2, 0.25) is 5.02 Å². The van der Waals surface area contributed by atoms with E-state index in [1.165, 1.54) is 24.3 Å². The van der Waals surface area contributed by atoms with Crippen LogP contribution in [0.15, 0.2) is 59.6 Å². The van der Waals surface area contributed by atoms with Crippen molar-refractivity contribution in [3.05, 3.63) is 94.0 Å². The van der Waals surface area contributed by atoms with E-state index in [2.05, 4.69) is 4.98 Å². The Balaban J connectivity index is 2.19. The van der Waals surface area contributed by atoms with Gasteiger partial charge in [0.1, 0.15) is 22.7 Å². The first-order valence-corrected chi connectivity index (χ1v) is 10.8. The van der Waals surface area contributed by atoms with Crippen molar-refractivity contribution in [2.24, 2.45) is 0 Å². The molecule has 1 aromatic heterocycles. The summed E-state index contributed by atoms with van der Waals surface area (Å²) in [7, 11) is -4.49. The summed E-state index contributed by atoms with van der Waals surface area (Å²) in [6, 6.07) is 8.10. The number of rotatable bonds is 7. The Morgan fingerprint density at radius 2 is 1.71 bits per heavy atom. The van der Waals surface area contributed by atoms with Crippen molar-refractivity contribution in [3.63, 3.8) is 0 Å². The summed E-state index contributed by atoms with van der Waals surface area (Å²) >= 11 is 5.80. The molecule has 0 aliphatic carbocycles. The van der Waals surface area contributed by atoms with Gasteiger partial charge in [-0.1, -0.05) is 11.6 Å². The lowest BCUT2D eigenvalue weighted by Crippen LogP contribution is -2.20. The topological polar surface area (TPSA) is 84.3 Å². The van der Waals surface area contributed by atoms with Crippen molar-refractivity contribution in [1.29, 1.82) is 0 Å². The monoisotopic (exact) mass is 469 g/mol. The molecule has 1 atom stereocenters. The van der Waals surface area contributed by atoms with Crippen molar-refractivity contribution in [3.8, 4) is 0 Å². The van der Waals surface area contributed by atoms with Crippen molar-refractivity contribution in [2.45, 2.75) is 23.0 Å². The zero-order valence-electron chi connectivity index (χ0n) is 15.7. The van der Waals surface area contributed by atoms with E-state index in [1.54, 1.807) is 0 Å². The molecule has 10 heteroatoms. The molecule has 1 heterocycles. The van der Waals surface area contributed by atoms with Gasteiger partial charge in [0.15, 0.2) is 9.84 Å². The summed E-state index contributed by atoms with van der Waals surface area (Å²) in [6.45, 7) is 0. The maximum absolute atomic E-state index is 14.9. The molecule has 0 radical (unpaired) electrons. The van der Waals surface area contributed by atoms with E-state index in [4.69, 9.17) is 16.7 Å². The molecular weight excluding hydrogens is 455 g/mol. The van der Waals surface area contributed by atoms with Crippen LogP contribution >= 0.6 is 11.6 Å². The van der Waals surface area contributed by atoms with Crippen LogP contribution in [0.25, 0.3) is 0 Å². The number of halogens is 4. The number of aromatic nitrogens is 1. The Kier molecular flexibility index (Phi) is 6.66. The summed E-state index contributed by atoms with van der Waals surface area (Å²) < 4.78 is 70.1. The van der Waals surface area contributed by atoms with Crippen molar-refractivity contribution in [1.82, 2.24) is 4.98 Å². The summed E-state index contributed by atoms with van der Waals surface area (Å²) in [5.41, 5.74) is -1.04. The van der Waals surface area contributed by atoms with Crippen molar-refractivity contribution < 1.29 is 31.5 Å². The number of hydrogen-bond donors (Lipinski definition) is 1. The Morgan fingerprint density at radius 1 is 1.03 bits per heavy atom. The van der Waals surface area contributed by atoms with Crippen LogP contribution in [0.3, 0.4) is 0 Å². The lowest BCUT2D eigenvalue weighted by atomic mass is 10.1. The lowest BCUT2D eigenvalue weighted by Gasteiger charge is -2.20. The van der Waals surface area contributed by atoms with Crippen molar-refractivity contribution in [2.75, 3.05) is 0 Å². The number of carboxylic acid groups (broad SMARTS) is 1. The Labute approximate surface area is 181 Å². The third kappa shape index (κ3) is 5.05. The number of benzene rings is 2. The Bertz CT molecular complexity index is 1230. The standard InChI is InChI=1S/C21H15ClF3NO4S/c22-13-2-5-15(6-3-13)31(29,30)21(16-10-14(23)4-7-17(16)24)20-18(25)9-12(11-26-20)1-8-19(27)28/h2-7,9-11,21H,1,8H2,(H,27,28). The average Bonchev–Trinajstić information content (AvgIpc) is 2.71. The van der Waals surface area contributed by atoms with E-state index >= 15 is 0 Å². The minimum Gasteiger partial charge on any atom is -0.481 e. The van der Waals surface area contributed by atoms with Crippen LogP contribution in [0.1, 0.15) is 28.5 Å². The lowest BCUT2D eigenvalue weighted by molar-refractivity contribution is -0.136. The second kappa shape index (κ2) is 9.07. The minimum atomic E-state index is -4.49.